The highest BCUT2D eigenvalue weighted by Crippen LogP contribution is 2.29. The van der Waals surface area contributed by atoms with Crippen molar-refractivity contribution in [3.63, 3.8) is 0 Å². The van der Waals surface area contributed by atoms with Crippen molar-refractivity contribution in [3.05, 3.63) is 10.6 Å². The highest BCUT2D eigenvalue weighted by molar-refractivity contribution is 7.15. The van der Waals surface area contributed by atoms with E-state index in [1.54, 1.807) is 11.3 Å². The summed E-state index contributed by atoms with van der Waals surface area (Å²) in [6.45, 7) is 1.97. The topological polar surface area (TPSA) is 65.8 Å². The molecule has 1 aliphatic rings. The molecule has 1 atom stereocenters. The summed E-state index contributed by atoms with van der Waals surface area (Å²) in [5.41, 5.74) is 1.13. The normalized spacial score (nSPS) is 15.6. The van der Waals surface area contributed by atoms with E-state index >= 15 is 0 Å². The predicted molar refractivity (Wildman–Crippen MR) is 71.4 cm³/mol. The molecule has 0 fully saturated rings. The molecule has 0 saturated carbocycles. The molecule has 5 heteroatoms. The molecule has 0 spiro atoms. The van der Waals surface area contributed by atoms with Crippen LogP contribution in [0.5, 0.6) is 0 Å². The second-order valence-electron chi connectivity index (χ2n) is 4.56. The number of nitrogens with one attached hydrogen (secondary N) is 1. The molecule has 0 bridgehead atoms. The Bertz CT molecular complexity index is 452. The lowest BCUT2D eigenvalue weighted by atomic mass is 10.0. The summed E-state index contributed by atoms with van der Waals surface area (Å²) in [4.78, 5) is 17.6. The number of carbonyl (C=O) groups is 1. The van der Waals surface area contributed by atoms with Crippen molar-refractivity contribution in [3.8, 4) is 6.07 Å². The minimum absolute atomic E-state index is 0.217. The highest BCUT2D eigenvalue weighted by atomic mass is 32.1. The van der Waals surface area contributed by atoms with Gasteiger partial charge in [0.1, 0.15) is 5.92 Å². The summed E-state index contributed by atoms with van der Waals surface area (Å²) in [5.74, 6) is -0.777. The Kier molecular flexibility index (Phi) is 4.32. The van der Waals surface area contributed by atoms with Crippen LogP contribution in [0.15, 0.2) is 0 Å². The zero-order valence-corrected chi connectivity index (χ0v) is 11.3. The second kappa shape index (κ2) is 5.96. The number of amides is 1. The Labute approximate surface area is 111 Å². The largest absolute Gasteiger partial charge is 0.301 e. The Balaban J connectivity index is 2.03. The van der Waals surface area contributed by atoms with Crippen LogP contribution >= 0.6 is 11.3 Å². The first-order valence-corrected chi connectivity index (χ1v) is 7.25. The van der Waals surface area contributed by atoms with Gasteiger partial charge in [-0.1, -0.05) is 13.3 Å². The predicted octanol–water partition coefficient (Wildman–Crippen LogP) is 2.90. The Morgan fingerprint density at radius 2 is 2.33 bits per heavy atom. The SMILES string of the molecule is CCCC(C#N)C(=O)Nc1nc2c(s1)CCCC2. The highest BCUT2D eigenvalue weighted by Gasteiger charge is 2.20. The van der Waals surface area contributed by atoms with Crippen molar-refractivity contribution in [1.29, 1.82) is 5.26 Å². The smallest absolute Gasteiger partial charge is 0.243 e. The Morgan fingerprint density at radius 1 is 1.56 bits per heavy atom. The van der Waals surface area contributed by atoms with Crippen LogP contribution in [0, 0.1) is 17.2 Å². The maximum atomic E-state index is 11.9. The summed E-state index contributed by atoms with van der Waals surface area (Å²) in [6.07, 6.45) is 5.91. The molecular formula is C13H17N3OS. The first kappa shape index (κ1) is 13.0. The first-order chi connectivity index (χ1) is 8.74. The van der Waals surface area contributed by atoms with E-state index < -0.39 is 5.92 Å². The summed E-state index contributed by atoms with van der Waals surface area (Å²) in [6, 6.07) is 2.05. The van der Waals surface area contributed by atoms with E-state index in [2.05, 4.69) is 10.3 Å². The van der Waals surface area contributed by atoms with Gasteiger partial charge in [0.05, 0.1) is 11.8 Å². The van der Waals surface area contributed by atoms with Gasteiger partial charge in [0, 0.05) is 4.88 Å². The van der Waals surface area contributed by atoms with Crippen LogP contribution < -0.4 is 5.32 Å². The van der Waals surface area contributed by atoms with Gasteiger partial charge in [-0.05, 0) is 32.1 Å². The fraction of sp³-hybridized carbons (Fsp3) is 0.615. The average molecular weight is 263 g/mol. The van der Waals surface area contributed by atoms with E-state index in [-0.39, 0.29) is 5.91 Å². The lowest BCUT2D eigenvalue weighted by Crippen LogP contribution is -2.21. The molecule has 1 unspecified atom stereocenters. The molecule has 18 heavy (non-hydrogen) atoms. The fourth-order valence-electron chi connectivity index (χ4n) is 2.14. The molecular weight excluding hydrogens is 246 g/mol. The first-order valence-electron chi connectivity index (χ1n) is 6.43. The third-order valence-electron chi connectivity index (χ3n) is 3.13. The average Bonchev–Trinajstić information content (AvgIpc) is 2.77. The molecule has 0 radical (unpaired) electrons. The molecule has 1 aliphatic carbocycles. The number of nitriles is 1. The number of fused-ring (bicyclic) bond motifs is 1. The summed E-state index contributed by atoms with van der Waals surface area (Å²) >= 11 is 1.56. The van der Waals surface area contributed by atoms with Crippen LogP contribution in [0.2, 0.25) is 0 Å². The van der Waals surface area contributed by atoms with Crippen molar-refractivity contribution in [1.82, 2.24) is 4.98 Å². The molecule has 0 aliphatic heterocycles. The van der Waals surface area contributed by atoms with Gasteiger partial charge in [-0.25, -0.2) is 4.98 Å². The van der Waals surface area contributed by atoms with Crippen LogP contribution in [0.1, 0.15) is 43.2 Å². The molecule has 0 aromatic carbocycles. The zero-order valence-electron chi connectivity index (χ0n) is 10.5. The van der Waals surface area contributed by atoms with Gasteiger partial charge in [0.25, 0.3) is 0 Å². The van der Waals surface area contributed by atoms with Crippen molar-refractivity contribution in [2.24, 2.45) is 5.92 Å². The van der Waals surface area contributed by atoms with E-state index in [1.165, 1.54) is 17.7 Å². The van der Waals surface area contributed by atoms with Gasteiger partial charge in [0.15, 0.2) is 5.13 Å². The van der Waals surface area contributed by atoms with E-state index in [9.17, 15) is 4.79 Å². The third kappa shape index (κ3) is 2.88. The molecule has 4 nitrogen and oxygen atoms in total. The molecule has 2 rings (SSSR count). The van der Waals surface area contributed by atoms with Crippen LogP contribution in [0.3, 0.4) is 0 Å². The molecule has 1 aromatic heterocycles. The maximum Gasteiger partial charge on any atom is 0.243 e. The van der Waals surface area contributed by atoms with Gasteiger partial charge in [-0.15, -0.1) is 11.3 Å². The Morgan fingerprint density at radius 3 is 3.00 bits per heavy atom. The van der Waals surface area contributed by atoms with E-state index in [1.807, 2.05) is 13.0 Å². The monoisotopic (exact) mass is 263 g/mol. The van der Waals surface area contributed by atoms with Gasteiger partial charge < -0.3 is 5.32 Å². The second-order valence-corrected chi connectivity index (χ2v) is 5.64. The molecule has 1 N–H and O–H groups in total. The van der Waals surface area contributed by atoms with Crippen LogP contribution in [0.25, 0.3) is 0 Å². The number of anilines is 1. The van der Waals surface area contributed by atoms with Crippen LogP contribution in [-0.4, -0.2) is 10.9 Å². The molecule has 1 amide bonds. The van der Waals surface area contributed by atoms with E-state index in [4.69, 9.17) is 5.26 Å². The third-order valence-corrected chi connectivity index (χ3v) is 4.20. The number of aromatic nitrogens is 1. The molecule has 1 aromatic rings. The number of aryl methyl sites for hydroxylation is 2. The summed E-state index contributed by atoms with van der Waals surface area (Å²) in [7, 11) is 0. The van der Waals surface area contributed by atoms with Gasteiger partial charge in [-0.3, -0.25) is 4.79 Å². The lowest BCUT2D eigenvalue weighted by Gasteiger charge is -2.06. The van der Waals surface area contributed by atoms with Crippen molar-refractivity contribution < 1.29 is 4.79 Å². The van der Waals surface area contributed by atoms with E-state index in [0.29, 0.717) is 11.6 Å². The number of hydrogen-bond acceptors (Lipinski definition) is 4. The minimum Gasteiger partial charge on any atom is -0.301 e. The van der Waals surface area contributed by atoms with Crippen LogP contribution in [-0.2, 0) is 17.6 Å². The minimum atomic E-state index is -0.559. The van der Waals surface area contributed by atoms with Gasteiger partial charge in [-0.2, -0.15) is 5.26 Å². The molecule has 96 valence electrons. The number of thiazole rings is 1. The fourth-order valence-corrected chi connectivity index (χ4v) is 3.19. The van der Waals surface area contributed by atoms with Crippen LogP contribution in [0.4, 0.5) is 5.13 Å². The zero-order chi connectivity index (χ0) is 13.0. The number of nitrogens with zero attached hydrogens (tertiary/aromatic N) is 2. The van der Waals surface area contributed by atoms with E-state index in [0.717, 1.165) is 25.0 Å². The quantitative estimate of drug-likeness (QED) is 0.908. The standard InChI is InChI=1S/C13H17N3OS/c1-2-5-9(8-14)12(17)16-13-15-10-6-3-4-7-11(10)18-13/h9H,2-7H2,1H3,(H,15,16,17). The summed E-state index contributed by atoms with van der Waals surface area (Å²) < 4.78 is 0. The van der Waals surface area contributed by atoms with Gasteiger partial charge >= 0.3 is 0 Å². The molecule has 1 heterocycles. The van der Waals surface area contributed by atoms with Crippen molar-refractivity contribution in [2.45, 2.75) is 45.4 Å². The van der Waals surface area contributed by atoms with Crippen molar-refractivity contribution in [2.75, 3.05) is 5.32 Å². The van der Waals surface area contributed by atoms with Crippen molar-refractivity contribution >= 4 is 22.4 Å². The maximum absolute atomic E-state index is 11.9. The number of carbonyl (C=O) groups excluding carboxylic acids is 1. The van der Waals surface area contributed by atoms with Gasteiger partial charge in [0.2, 0.25) is 5.91 Å². The molecule has 0 saturated heterocycles. The number of rotatable bonds is 4. The number of hydrogen-bond donors (Lipinski definition) is 1. The summed E-state index contributed by atoms with van der Waals surface area (Å²) in [5, 5.41) is 12.4. The lowest BCUT2D eigenvalue weighted by molar-refractivity contribution is -0.118. The Hall–Kier alpha value is -1.41.